The highest BCUT2D eigenvalue weighted by Crippen LogP contribution is 2.67. The number of esters is 1. The molecule has 3 heterocycles. The predicted octanol–water partition coefficient (Wildman–Crippen LogP) is 9.19. The van der Waals surface area contributed by atoms with Crippen LogP contribution in [0, 0.1) is 46.8 Å². The summed E-state index contributed by atoms with van der Waals surface area (Å²) >= 11 is 0. The average molecular weight is 619 g/mol. The number of hydrogen-bond acceptors (Lipinski definition) is 5. The molecule has 0 aromatic carbocycles. The molecule has 0 aromatic rings. The standard InChI is InChI=1S/C40H58O5/c1-5-12-28-34-36(38(2,3)39(4)35(28)27-17-10-11-18-29(27)42-39)40(45-37(34)41)43-30-21-19-23-13-6-8-15-25(23)32(30)33-26-16-9-7-14-24(26)20-22-31(33)44-40/h23-27,29-33H,5-22H2,1-4H3/t23?,24?,25?,26?,27?,29?,30-,31?,32?,33?,39-,40?/m1/s1. The van der Waals surface area contributed by atoms with Crippen LogP contribution in [0.3, 0.4) is 0 Å². The molecule has 0 aromatic heterocycles. The van der Waals surface area contributed by atoms with Gasteiger partial charge < -0.3 is 18.9 Å². The van der Waals surface area contributed by atoms with E-state index in [2.05, 4.69) is 27.7 Å². The molecule has 10 unspecified atom stereocenters. The van der Waals surface area contributed by atoms with E-state index in [1.54, 1.807) is 0 Å². The molecule has 12 atom stereocenters. The van der Waals surface area contributed by atoms with Crippen molar-refractivity contribution >= 4 is 5.97 Å². The van der Waals surface area contributed by atoms with E-state index in [9.17, 15) is 4.79 Å². The predicted molar refractivity (Wildman–Crippen MR) is 173 cm³/mol. The lowest BCUT2D eigenvalue weighted by molar-refractivity contribution is -0.363. The highest BCUT2D eigenvalue weighted by Gasteiger charge is 2.71. The first-order valence-electron chi connectivity index (χ1n) is 19.5. The van der Waals surface area contributed by atoms with Crippen LogP contribution in [0.1, 0.15) is 143 Å². The molecule has 0 radical (unpaired) electrons. The van der Waals surface area contributed by atoms with Gasteiger partial charge in [0.05, 0.1) is 35.1 Å². The molecule has 7 fully saturated rings. The summed E-state index contributed by atoms with van der Waals surface area (Å²) in [6, 6.07) is 0. The topological polar surface area (TPSA) is 54.0 Å². The number of carbonyl (C=O) groups is 1. The highest BCUT2D eigenvalue weighted by molar-refractivity contribution is 5.99. The van der Waals surface area contributed by atoms with Gasteiger partial charge in [-0.1, -0.05) is 78.6 Å². The second-order valence-corrected chi connectivity index (χ2v) is 17.6. The van der Waals surface area contributed by atoms with Crippen LogP contribution in [0.2, 0.25) is 0 Å². The largest absolute Gasteiger partial charge is 0.400 e. The number of rotatable bonds is 2. The molecule has 1 spiro atoms. The third-order valence-corrected chi connectivity index (χ3v) is 15.4. The minimum Gasteiger partial charge on any atom is -0.400 e. The summed E-state index contributed by atoms with van der Waals surface area (Å²) < 4.78 is 28.9. The van der Waals surface area contributed by atoms with Crippen molar-refractivity contribution in [3.63, 3.8) is 0 Å². The summed E-state index contributed by atoms with van der Waals surface area (Å²) in [4.78, 5) is 14.5. The van der Waals surface area contributed by atoms with E-state index in [1.165, 1.54) is 88.2 Å². The summed E-state index contributed by atoms with van der Waals surface area (Å²) in [5.74, 6) is 2.86. The lowest BCUT2D eigenvalue weighted by Crippen LogP contribution is -2.55. The lowest BCUT2D eigenvalue weighted by Gasteiger charge is -2.53. The first kappa shape index (κ1) is 29.9. The summed E-state index contributed by atoms with van der Waals surface area (Å²) in [6.45, 7) is 9.21. The van der Waals surface area contributed by atoms with Crippen molar-refractivity contribution in [3.05, 3.63) is 22.3 Å². The van der Waals surface area contributed by atoms with E-state index in [4.69, 9.17) is 18.9 Å². The van der Waals surface area contributed by atoms with Crippen molar-refractivity contribution in [3.8, 4) is 0 Å². The van der Waals surface area contributed by atoms with E-state index >= 15 is 0 Å². The van der Waals surface area contributed by atoms with Crippen molar-refractivity contribution in [2.45, 2.75) is 173 Å². The minimum absolute atomic E-state index is 0.0790. The Hall–Kier alpha value is -1.17. The van der Waals surface area contributed by atoms with Gasteiger partial charge in [0.1, 0.15) is 0 Å². The zero-order valence-corrected chi connectivity index (χ0v) is 28.5. The van der Waals surface area contributed by atoms with Gasteiger partial charge in [-0.15, -0.1) is 0 Å². The Morgan fingerprint density at radius 1 is 0.667 bits per heavy atom. The van der Waals surface area contributed by atoms with Gasteiger partial charge in [-0.2, -0.15) is 0 Å². The molecule has 5 heteroatoms. The molecular weight excluding hydrogens is 560 g/mol. The fraction of sp³-hybridized carbons (Fsp3) is 0.875. The Morgan fingerprint density at radius 2 is 1.24 bits per heavy atom. The van der Waals surface area contributed by atoms with Gasteiger partial charge in [-0.3, -0.25) is 0 Å². The second kappa shape index (κ2) is 10.7. The van der Waals surface area contributed by atoms with Crippen LogP contribution in [0.15, 0.2) is 22.3 Å². The molecule has 6 aliphatic carbocycles. The summed E-state index contributed by atoms with van der Waals surface area (Å²) in [7, 11) is 0. The molecule has 9 aliphatic rings. The molecule has 2 saturated heterocycles. The molecule has 5 nitrogen and oxygen atoms in total. The van der Waals surface area contributed by atoms with Gasteiger partial charge in [0.2, 0.25) is 0 Å². The van der Waals surface area contributed by atoms with Gasteiger partial charge in [-0.05, 0) is 111 Å². The minimum atomic E-state index is -1.44. The van der Waals surface area contributed by atoms with Crippen LogP contribution in [0.5, 0.6) is 0 Å². The molecule has 3 aliphatic heterocycles. The van der Waals surface area contributed by atoms with Crippen molar-refractivity contribution in [1.82, 2.24) is 0 Å². The number of ether oxygens (including phenoxy) is 4. The Kier molecular flexibility index (Phi) is 7.09. The fourth-order valence-electron chi connectivity index (χ4n) is 13.4. The Labute approximate surface area is 271 Å². The Bertz CT molecular complexity index is 1250. The van der Waals surface area contributed by atoms with E-state index in [-0.39, 0.29) is 24.3 Å². The maximum absolute atomic E-state index is 14.5. The van der Waals surface area contributed by atoms with Crippen molar-refractivity contribution < 1.29 is 23.7 Å². The number of carbonyl (C=O) groups excluding carboxylic acids is 1. The Balaban J connectivity index is 1.20. The molecule has 5 saturated carbocycles. The van der Waals surface area contributed by atoms with Crippen LogP contribution in [0.25, 0.3) is 0 Å². The molecule has 9 rings (SSSR count). The number of hydrogen-bond donors (Lipinski definition) is 0. The molecule has 0 N–H and O–H groups in total. The highest BCUT2D eigenvalue weighted by atomic mass is 16.9. The third kappa shape index (κ3) is 4.11. The maximum Gasteiger partial charge on any atom is 0.356 e. The smallest absolute Gasteiger partial charge is 0.356 e. The van der Waals surface area contributed by atoms with Crippen molar-refractivity contribution in [2.24, 2.45) is 46.8 Å². The van der Waals surface area contributed by atoms with E-state index < -0.39 is 17.0 Å². The first-order chi connectivity index (χ1) is 21.8. The van der Waals surface area contributed by atoms with Crippen LogP contribution in [0.4, 0.5) is 0 Å². The summed E-state index contributed by atoms with van der Waals surface area (Å²) in [5, 5.41) is 0. The van der Waals surface area contributed by atoms with Gasteiger partial charge in [-0.25, -0.2) is 4.79 Å². The quantitative estimate of drug-likeness (QED) is 0.289. The van der Waals surface area contributed by atoms with Crippen molar-refractivity contribution in [1.29, 1.82) is 0 Å². The van der Waals surface area contributed by atoms with Crippen LogP contribution < -0.4 is 0 Å². The first-order valence-corrected chi connectivity index (χ1v) is 19.5. The average Bonchev–Trinajstić information content (AvgIpc) is 3.45. The summed E-state index contributed by atoms with van der Waals surface area (Å²) in [6.07, 6.45) is 22.6. The fourth-order valence-corrected chi connectivity index (χ4v) is 13.4. The zero-order valence-electron chi connectivity index (χ0n) is 28.5. The molecule has 0 amide bonds. The molecule has 0 bridgehead atoms. The van der Waals surface area contributed by atoms with E-state index in [0.29, 0.717) is 17.8 Å². The molecule has 248 valence electrons. The monoisotopic (exact) mass is 618 g/mol. The summed E-state index contributed by atoms with van der Waals surface area (Å²) in [5.41, 5.74) is 3.37. The van der Waals surface area contributed by atoms with Gasteiger partial charge in [0.25, 0.3) is 0 Å². The third-order valence-electron chi connectivity index (χ3n) is 15.4. The maximum atomic E-state index is 14.5. The lowest BCUT2D eigenvalue weighted by atomic mass is 9.53. The SMILES string of the molecule is CCCC1=C2C3CCCCC3O[C@@]2(C)C(C)(C)C2=C1C(=O)OC21OC2CCC3CCCCC3C2C2C3CCCCC3CC[C@H]2O1. The van der Waals surface area contributed by atoms with Gasteiger partial charge in [0, 0.05) is 11.3 Å². The van der Waals surface area contributed by atoms with E-state index in [0.717, 1.165) is 73.3 Å². The van der Waals surface area contributed by atoms with Crippen molar-refractivity contribution in [2.75, 3.05) is 0 Å². The van der Waals surface area contributed by atoms with Crippen LogP contribution >= 0.6 is 0 Å². The van der Waals surface area contributed by atoms with E-state index in [1.807, 2.05) is 0 Å². The van der Waals surface area contributed by atoms with Crippen LogP contribution in [-0.2, 0) is 23.7 Å². The molecule has 45 heavy (non-hydrogen) atoms. The van der Waals surface area contributed by atoms with Gasteiger partial charge in [0.15, 0.2) is 0 Å². The normalized spacial score (nSPS) is 50.0. The molecular formula is C40H58O5. The second-order valence-electron chi connectivity index (χ2n) is 17.6. The Morgan fingerprint density at radius 3 is 1.87 bits per heavy atom. The zero-order chi connectivity index (χ0) is 30.7. The number of fused-ring (bicyclic) bond motifs is 11. The van der Waals surface area contributed by atoms with Crippen LogP contribution in [-0.4, -0.2) is 35.9 Å². The van der Waals surface area contributed by atoms with Gasteiger partial charge >= 0.3 is 11.9 Å².